The van der Waals surface area contributed by atoms with E-state index in [2.05, 4.69) is 4.72 Å². The minimum atomic E-state index is -3.99. The number of nitrogens with one attached hydrogen (secondary N) is 1. The summed E-state index contributed by atoms with van der Waals surface area (Å²) < 4.78 is 41.7. The van der Waals surface area contributed by atoms with Gasteiger partial charge in [-0.05, 0) is 23.0 Å². The lowest BCUT2D eigenvalue weighted by atomic mass is 10.0. The lowest BCUT2D eigenvalue weighted by Crippen LogP contribution is -2.31. The number of nitrogens with two attached hydrogens (primary N) is 1. The van der Waals surface area contributed by atoms with Crippen LogP contribution < -0.4 is 10.5 Å². The molecule has 0 radical (unpaired) electrons. The van der Waals surface area contributed by atoms with Gasteiger partial charge in [-0.1, -0.05) is 39.3 Å². The second-order valence-corrected chi connectivity index (χ2v) is 8.70. The number of benzene rings is 1. The highest BCUT2D eigenvalue weighted by atomic mass is 35.5. The number of hydrogen-bond donors (Lipinski definition) is 2. The maximum atomic E-state index is 14.2. The Balaban J connectivity index is 2.41. The monoisotopic (exact) mass is 334 g/mol. The van der Waals surface area contributed by atoms with Gasteiger partial charge in [0.15, 0.2) is 0 Å². The van der Waals surface area contributed by atoms with Crippen molar-refractivity contribution in [2.75, 3.05) is 0 Å². The van der Waals surface area contributed by atoms with Crippen molar-refractivity contribution in [3.8, 4) is 0 Å². The zero-order valence-electron chi connectivity index (χ0n) is 12.5. The van der Waals surface area contributed by atoms with E-state index in [0.29, 0.717) is 0 Å². The van der Waals surface area contributed by atoms with Gasteiger partial charge in [-0.3, -0.25) is 0 Å². The van der Waals surface area contributed by atoms with Gasteiger partial charge in [0.05, 0.1) is 0 Å². The van der Waals surface area contributed by atoms with Crippen molar-refractivity contribution < 1.29 is 12.8 Å². The van der Waals surface area contributed by atoms with E-state index in [-0.39, 0.29) is 34.0 Å². The van der Waals surface area contributed by atoms with Crippen molar-refractivity contribution in [2.45, 2.75) is 45.2 Å². The van der Waals surface area contributed by atoms with Crippen LogP contribution in [0.1, 0.15) is 33.3 Å². The molecule has 0 atom stereocenters. The highest BCUT2D eigenvalue weighted by Gasteiger charge is 2.66. The Morgan fingerprint density at radius 3 is 2.24 bits per heavy atom. The van der Waals surface area contributed by atoms with Crippen LogP contribution in [0.2, 0.25) is 5.02 Å². The molecule has 0 unspecified atom stereocenters. The normalized spacial score (nSPS) is 20.5. The Bertz CT molecular complexity index is 672. The highest BCUT2D eigenvalue weighted by molar-refractivity contribution is 7.89. The summed E-state index contributed by atoms with van der Waals surface area (Å²) in [4.78, 5) is -0.450. The van der Waals surface area contributed by atoms with Crippen molar-refractivity contribution in [3.05, 3.63) is 28.5 Å². The van der Waals surface area contributed by atoms with Gasteiger partial charge in [0, 0.05) is 23.2 Å². The Morgan fingerprint density at radius 2 is 1.81 bits per heavy atom. The quantitative estimate of drug-likeness (QED) is 0.889. The molecule has 1 aliphatic rings. The average molecular weight is 335 g/mol. The molecule has 0 bridgehead atoms. The lowest BCUT2D eigenvalue weighted by Gasteiger charge is -2.11. The predicted molar refractivity (Wildman–Crippen MR) is 81.0 cm³/mol. The fraction of sp³-hybridized carbons (Fsp3) is 0.571. The van der Waals surface area contributed by atoms with Gasteiger partial charge in [-0.25, -0.2) is 17.5 Å². The molecule has 0 aliphatic heterocycles. The van der Waals surface area contributed by atoms with Crippen LogP contribution in [0.4, 0.5) is 4.39 Å². The molecule has 4 nitrogen and oxygen atoms in total. The van der Waals surface area contributed by atoms with Crippen LogP contribution >= 0.6 is 11.6 Å². The standard InChI is InChI=1S/C14H20ClFN2O2S/c1-13(2)12(14(13,3)4)18-21(19,20)10-6-9(15)5-8(7-17)11(10)16/h5-6,12,18H,7,17H2,1-4H3. The molecule has 2 rings (SSSR count). The molecule has 0 amide bonds. The molecule has 1 saturated carbocycles. The largest absolute Gasteiger partial charge is 0.326 e. The molecular formula is C14H20ClFN2O2S. The summed E-state index contributed by atoms with van der Waals surface area (Å²) in [5.41, 5.74) is 5.12. The van der Waals surface area contributed by atoms with Crippen molar-refractivity contribution in [2.24, 2.45) is 16.6 Å². The molecule has 118 valence electrons. The summed E-state index contributed by atoms with van der Waals surface area (Å²) in [6.07, 6.45) is 0. The molecule has 7 heteroatoms. The number of rotatable bonds is 4. The molecule has 0 aromatic heterocycles. The number of sulfonamides is 1. The fourth-order valence-electron chi connectivity index (χ4n) is 2.67. The first kappa shape index (κ1) is 16.7. The number of hydrogen-bond acceptors (Lipinski definition) is 3. The molecule has 3 N–H and O–H groups in total. The molecule has 0 heterocycles. The average Bonchev–Trinajstić information content (AvgIpc) is 2.73. The second kappa shape index (κ2) is 4.91. The molecule has 1 aliphatic carbocycles. The molecule has 21 heavy (non-hydrogen) atoms. The zero-order valence-corrected chi connectivity index (χ0v) is 14.1. The van der Waals surface area contributed by atoms with E-state index in [0.717, 1.165) is 6.07 Å². The molecule has 0 saturated heterocycles. The third-order valence-electron chi connectivity index (χ3n) is 4.88. The van der Waals surface area contributed by atoms with Crippen molar-refractivity contribution in [1.82, 2.24) is 4.72 Å². The van der Waals surface area contributed by atoms with Crippen LogP contribution in [-0.4, -0.2) is 14.5 Å². The van der Waals surface area contributed by atoms with Crippen LogP contribution in [0, 0.1) is 16.6 Å². The molecule has 0 spiro atoms. The minimum absolute atomic E-state index is 0.0807. The topological polar surface area (TPSA) is 72.2 Å². The lowest BCUT2D eigenvalue weighted by molar-refractivity contribution is 0.457. The van der Waals surface area contributed by atoms with Gasteiger partial charge in [0.2, 0.25) is 10.0 Å². The van der Waals surface area contributed by atoms with Crippen LogP contribution in [-0.2, 0) is 16.6 Å². The van der Waals surface area contributed by atoms with E-state index < -0.39 is 20.7 Å². The van der Waals surface area contributed by atoms with E-state index in [4.69, 9.17) is 17.3 Å². The van der Waals surface area contributed by atoms with Gasteiger partial charge in [0.1, 0.15) is 10.7 Å². The first-order chi connectivity index (χ1) is 9.45. The maximum Gasteiger partial charge on any atom is 0.243 e. The van der Waals surface area contributed by atoms with E-state index in [1.54, 1.807) is 0 Å². The van der Waals surface area contributed by atoms with Crippen LogP contribution in [0.25, 0.3) is 0 Å². The van der Waals surface area contributed by atoms with E-state index in [9.17, 15) is 12.8 Å². The van der Waals surface area contributed by atoms with Gasteiger partial charge in [-0.15, -0.1) is 0 Å². The summed E-state index contributed by atoms with van der Waals surface area (Å²) >= 11 is 5.86. The third kappa shape index (κ3) is 2.59. The Kier molecular flexibility index (Phi) is 3.90. The van der Waals surface area contributed by atoms with Crippen LogP contribution in [0.5, 0.6) is 0 Å². The summed E-state index contributed by atoms with van der Waals surface area (Å²) in [6.45, 7) is 7.77. The predicted octanol–water partition coefficient (Wildman–Crippen LogP) is 2.65. The van der Waals surface area contributed by atoms with Crippen molar-refractivity contribution in [1.29, 1.82) is 0 Å². The fourth-order valence-corrected chi connectivity index (χ4v) is 4.65. The van der Waals surface area contributed by atoms with Crippen molar-refractivity contribution in [3.63, 3.8) is 0 Å². The molecule has 1 fully saturated rings. The van der Waals surface area contributed by atoms with Gasteiger partial charge >= 0.3 is 0 Å². The van der Waals surface area contributed by atoms with Gasteiger partial charge in [0.25, 0.3) is 0 Å². The Morgan fingerprint density at radius 1 is 1.29 bits per heavy atom. The van der Waals surface area contributed by atoms with Gasteiger partial charge < -0.3 is 5.73 Å². The van der Waals surface area contributed by atoms with E-state index >= 15 is 0 Å². The zero-order chi connectivity index (χ0) is 16.2. The molecule has 1 aromatic carbocycles. The smallest absolute Gasteiger partial charge is 0.243 e. The van der Waals surface area contributed by atoms with E-state index in [1.165, 1.54) is 6.07 Å². The summed E-state index contributed by atoms with van der Waals surface area (Å²) in [6, 6.07) is 2.19. The first-order valence-corrected chi connectivity index (χ1v) is 8.51. The molecule has 1 aromatic rings. The minimum Gasteiger partial charge on any atom is -0.326 e. The van der Waals surface area contributed by atoms with Crippen LogP contribution in [0.15, 0.2) is 17.0 Å². The summed E-state index contributed by atoms with van der Waals surface area (Å²) in [5.74, 6) is -0.842. The Hall–Kier alpha value is -0.690. The van der Waals surface area contributed by atoms with Crippen LogP contribution in [0.3, 0.4) is 0 Å². The highest BCUT2D eigenvalue weighted by Crippen LogP contribution is 2.63. The maximum absolute atomic E-state index is 14.2. The van der Waals surface area contributed by atoms with Crippen molar-refractivity contribution >= 4 is 21.6 Å². The SMILES string of the molecule is CC1(C)C(NS(=O)(=O)c2cc(Cl)cc(CN)c2F)C1(C)C. The third-order valence-corrected chi connectivity index (χ3v) is 6.52. The molecular weight excluding hydrogens is 315 g/mol. The Labute approximate surface area is 129 Å². The first-order valence-electron chi connectivity index (χ1n) is 6.65. The summed E-state index contributed by atoms with van der Waals surface area (Å²) in [5, 5.41) is 0.145. The van der Waals surface area contributed by atoms with E-state index in [1.807, 2.05) is 27.7 Å². The second-order valence-electron chi connectivity index (χ2n) is 6.58. The van der Waals surface area contributed by atoms with Gasteiger partial charge in [-0.2, -0.15) is 0 Å². The summed E-state index contributed by atoms with van der Waals surface area (Å²) in [7, 11) is -3.99. The number of halogens is 2.